The predicted octanol–water partition coefficient (Wildman–Crippen LogP) is 4.17. The number of carbonyl (C=O) groups is 2. The molecule has 34 heavy (non-hydrogen) atoms. The van der Waals surface area contributed by atoms with E-state index in [0.717, 1.165) is 11.1 Å². The lowest BCUT2D eigenvalue weighted by Crippen LogP contribution is -2.58. The standard InChI is InChI=1S/C26H17F4NO3/c1-11(32)26-14-8-4-2-6-12(14)18(13-7-3-5-9-15(13)26)19-20(26)25(34)31(24(19)33)23-21(29)16(27)10-17(28)22(23)30/h2-11,18-20,32H,1H3. The van der Waals surface area contributed by atoms with Crippen LogP contribution in [-0.4, -0.2) is 23.0 Å². The highest BCUT2D eigenvalue weighted by Gasteiger charge is 2.70. The maximum Gasteiger partial charge on any atom is 0.239 e. The van der Waals surface area contributed by atoms with Gasteiger partial charge in [0.1, 0.15) is 5.69 Å². The van der Waals surface area contributed by atoms with Crippen LogP contribution in [0.3, 0.4) is 0 Å². The Labute approximate surface area is 191 Å². The average Bonchev–Trinajstić information content (AvgIpc) is 3.09. The summed E-state index contributed by atoms with van der Waals surface area (Å²) in [5.41, 5.74) is -0.0355. The van der Waals surface area contributed by atoms with Gasteiger partial charge in [0.15, 0.2) is 23.3 Å². The van der Waals surface area contributed by atoms with Gasteiger partial charge in [-0.25, -0.2) is 22.5 Å². The number of imide groups is 1. The molecule has 172 valence electrons. The van der Waals surface area contributed by atoms with E-state index in [1.54, 1.807) is 48.5 Å². The van der Waals surface area contributed by atoms with E-state index in [-0.39, 0.29) is 11.0 Å². The van der Waals surface area contributed by atoms with E-state index < -0.39 is 70.0 Å². The van der Waals surface area contributed by atoms with E-state index in [9.17, 15) is 32.3 Å². The molecule has 0 saturated carbocycles. The van der Waals surface area contributed by atoms with Crippen LogP contribution < -0.4 is 4.90 Å². The molecule has 2 bridgehead atoms. The second kappa shape index (κ2) is 6.76. The number of nitrogens with zero attached hydrogens (tertiary/aromatic N) is 1. The zero-order chi connectivity index (χ0) is 24.1. The molecular formula is C26H17F4NO3. The van der Waals surface area contributed by atoms with Crippen LogP contribution in [0.4, 0.5) is 23.2 Å². The predicted molar refractivity (Wildman–Crippen MR) is 113 cm³/mol. The minimum atomic E-state index is -1.83. The Balaban J connectivity index is 1.68. The van der Waals surface area contributed by atoms with Crippen molar-refractivity contribution in [1.29, 1.82) is 0 Å². The summed E-state index contributed by atoms with van der Waals surface area (Å²) in [4.78, 5) is 27.7. The molecule has 1 fully saturated rings. The molecule has 1 heterocycles. The van der Waals surface area contributed by atoms with Crippen molar-refractivity contribution in [3.63, 3.8) is 0 Å². The van der Waals surface area contributed by atoms with Crippen LogP contribution >= 0.6 is 0 Å². The number of aliphatic hydroxyl groups is 1. The molecule has 7 rings (SSSR count). The molecule has 1 saturated heterocycles. The van der Waals surface area contributed by atoms with Gasteiger partial charge in [-0.1, -0.05) is 48.5 Å². The quantitative estimate of drug-likeness (QED) is 0.350. The van der Waals surface area contributed by atoms with E-state index in [1.165, 1.54) is 6.92 Å². The number of anilines is 1. The van der Waals surface area contributed by atoms with Crippen LogP contribution in [0, 0.1) is 35.1 Å². The number of hydrogen-bond donors (Lipinski definition) is 1. The molecule has 0 spiro atoms. The van der Waals surface area contributed by atoms with Crippen LogP contribution in [0.25, 0.3) is 0 Å². The van der Waals surface area contributed by atoms with E-state index >= 15 is 0 Å². The van der Waals surface area contributed by atoms with Crippen LogP contribution in [-0.2, 0) is 15.0 Å². The smallest absolute Gasteiger partial charge is 0.239 e. The molecule has 0 radical (unpaired) electrons. The van der Waals surface area contributed by atoms with Gasteiger partial charge >= 0.3 is 0 Å². The first-order valence-electron chi connectivity index (χ1n) is 10.8. The van der Waals surface area contributed by atoms with E-state index in [1.807, 2.05) is 0 Å². The lowest BCUT2D eigenvalue weighted by atomic mass is 9.46. The largest absolute Gasteiger partial charge is 0.392 e. The van der Waals surface area contributed by atoms with Crippen molar-refractivity contribution in [3.05, 3.63) is 100 Å². The first-order valence-corrected chi connectivity index (χ1v) is 10.8. The SMILES string of the molecule is CC(O)C12c3ccccc3C(c3ccccc31)C1C(=O)N(c3c(F)c(F)cc(F)c3F)C(=O)C12. The van der Waals surface area contributed by atoms with Crippen molar-refractivity contribution < 1.29 is 32.3 Å². The number of halogens is 4. The van der Waals surface area contributed by atoms with E-state index in [0.29, 0.717) is 11.1 Å². The minimum absolute atomic E-state index is 0.0267. The summed E-state index contributed by atoms with van der Waals surface area (Å²) < 4.78 is 57.5. The highest BCUT2D eigenvalue weighted by Crippen LogP contribution is 2.65. The number of aliphatic hydroxyl groups excluding tert-OH is 1. The second-order valence-corrected chi connectivity index (χ2v) is 9.03. The maximum absolute atomic E-state index is 14.7. The molecule has 1 N–H and O–H groups in total. The molecule has 8 heteroatoms. The Bertz CT molecular complexity index is 1350. The van der Waals surface area contributed by atoms with Gasteiger partial charge in [-0.15, -0.1) is 0 Å². The third-order valence-corrected chi connectivity index (χ3v) is 7.66. The van der Waals surface area contributed by atoms with Crippen molar-refractivity contribution in [1.82, 2.24) is 0 Å². The van der Waals surface area contributed by atoms with Gasteiger partial charge in [0.25, 0.3) is 0 Å². The van der Waals surface area contributed by atoms with Gasteiger partial charge < -0.3 is 5.11 Å². The minimum Gasteiger partial charge on any atom is -0.392 e. The molecule has 1 aliphatic heterocycles. The van der Waals surface area contributed by atoms with Crippen molar-refractivity contribution in [3.8, 4) is 0 Å². The fraction of sp³-hybridized carbons (Fsp3) is 0.231. The molecule has 4 nitrogen and oxygen atoms in total. The molecule has 3 unspecified atom stereocenters. The molecule has 3 aliphatic carbocycles. The topological polar surface area (TPSA) is 57.6 Å². The van der Waals surface area contributed by atoms with Gasteiger partial charge in [0.2, 0.25) is 11.8 Å². The third kappa shape index (κ3) is 2.22. The Morgan fingerprint density at radius 1 is 0.853 bits per heavy atom. The molecule has 4 aliphatic rings. The monoisotopic (exact) mass is 467 g/mol. The van der Waals surface area contributed by atoms with Crippen molar-refractivity contribution in [2.45, 2.75) is 24.4 Å². The molecule has 3 atom stereocenters. The molecule has 2 amide bonds. The third-order valence-electron chi connectivity index (χ3n) is 7.66. The number of hydrogen-bond acceptors (Lipinski definition) is 3. The van der Waals surface area contributed by atoms with E-state index in [2.05, 4.69) is 0 Å². The lowest BCUT2D eigenvalue weighted by molar-refractivity contribution is -0.126. The van der Waals surface area contributed by atoms with Gasteiger partial charge in [0, 0.05) is 12.0 Å². The molecular weight excluding hydrogens is 450 g/mol. The fourth-order valence-electron chi connectivity index (χ4n) is 6.52. The summed E-state index contributed by atoms with van der Waals surface area (Å²) in [6.07, 6.45) is -1.18. The van der Waals surface area contributed by atoms with Gasteiger partial charge in [-0.05, 0) is 29.2 Å². The molecule has 3 aromatic carbocycles. The van der Waals surface area contributed by atoms with Crippen molar-refractivity contribution in [2.75, 3.05) is 4.90 Å². The number of benzene rings is 3. The highest BCUT2D eigenvalue weighted by molar-refractivity contribution is 6.24. The van der Waals surface area contributed by atoms with Crippen LogP contribution in [0.5, 0.6) is 0 Å². The summed E-state index contributed by atoms with van der Waals surface area (Å²) in [5.74, 6) is -12.0. The summed E-state index contributed by atoms with van der Waals surface area (Å²) in [7, 11) is 0. The lowest BCUT2D eigenvalue weighted by Gasteiger charge is -2.55. The van der Waals surface area contributed by atoms with Crippen LogP contribution in [0.2, 0.25) is 0 Å². The maximum atomic E-state index is 14.7. The number of carbonyl (C=O) groups excluding carboxylic acids is 2. The Hall–Kier alpha value is -3.52. The zero-order valence-corrected chi connectivity index (χ0v) is 17.7. The van der Waals surface area contributed by atoms with Crippen LogP contribution in [0.15, 0.2) is 54.6 Å². The second-order valence-electron chi connectivity index (χ2n) is 9.03. The zero-order valence-electron chi connectivity index (χ0n) is 17.7. The Morgan fingerprint density at radius 3 is 1.85 bits per heavy atom. The normalized spacial score (nSPS) is 27.5. The number of rotatable bonds is 2. The van der Waals surface area contributed by atoms with Gasteiger partial charge in [0.05, 0.1) is 23.4 Å². The first kappa shape index (κ1) is 21.0. The average molecular weight is 467 g/mol. The van der Waals surface area contributed by atoms with Crippen molar-refractivity contribution >= 4 is 17.5 Å². The van der Waals surface area contributed by atoms with Crippen LogP contribution in [0.1, 0.15) is 35.1 Å². The highest BCUT2D eigenvalue weighted by atomic mass is 19.2. The first-order chi connectivity index (χ1) is 16.2. The molecule has 0 aromatic heterocycles. The summed E-state index contributed by atoms with van der Waals surface area (Å²) in [6.45, 7) is 1.50. The summed E-state index contributed by atoms with van der Waals surface area (Å²) in [6, 6.07) is 14.2. The van der Waals surface area contributed by atoms with E-state index in [4.69, 9.17) is 0 Å². The Morgan fingerprint density at radius 2 is 1.35 bits per heavy atom. The Kier molecular flexibility index (Phi) is 4.18. The van der Waals surface area contributed by atoms with Gasteiger partial charge in [-0.3, -0.25) is 9.59 Å². The molecule has 3 aromatic rings. The number of amides is 2. The van der Waals surface area contributed by atoms with Gasteiger partial charge in [-0.2, -0.15) is 0 Å². The fourth-order valence-corrected chi connectivity index (χ4v) is 6.52. The summed E-state index contributed by atoms with van der Waals surface area (Å²) >= 11 is 0. The van der Waals surface area contributed by atoms with Crippen molar-refractivity contribution in [2.24, 2.45) is 11.8 Å². The summed E-state index contributed by atoms with van der Waals surface area (Å²) in [5, 5.41) is 11.2.